The molecule has 40 heavy (non-hydrogen) atoms. The highest BCUT2D eigenvalue weighted by Crippen LogP contribution is 2.49. The van der Waals surface area contributed by atoms with Crippen molar-refractivity contribution in [1.82, 2.24) is 19.6 Å². The van der Waals surface area contributed by atoms with E-state index in [0.717, 1.165) is 19.4 Å². The Labute approximate surface area is 223 Å². The summed E-state index contributed by atoms with van der Waals surface area (Å²) in [7, 11) is 0.843. The number of ether oxygens (including phenoxy) is 1. The van der Waals surface area contributed by atoms with Gasteiger partial charge in [0.1, 0.15) is 0 Å². The molecule has 0 saturated heterocycles. The number of aryl methyl sites for hydroxylation is 1. The third-order valence-electron chi connectivity index (χ3n) is 6.07. The summed E-state index contributed by atoms with van der Waals surface area (Å²) in [5.41, 5.74) is -2.39. The fraction of sp³-hybridized carbons (Fsp3) is 0.391. The van der Waals surface area contributed by atoms with E-state index >= 15 is 0 Å². The number of hydrogen-bond donors (Lipinski definition) is 0. The van der Waals surface area contributed by atoms with Crippen molar-refractivity contribution in [1.29, 1.82) is 5.26 Å². The van der Waals surface area contributed by atoms with E-state index in [1.807, 2.05) is 0 Å². The molecule has 1 unspecified atom stereocenters. The lowest BCUT2D eigenvalue weighted by atomic mass is 9.95. The summed E-state index contributed by atoms with van der Waals surface area (Å²) in [6.45, 7) is 0. The van der Waals surface area contributed by atoms with Crippen LogP contribution in [0, 0.1) is 16.7 Å². The van der Waals surface area contributed by atoms with Gasteiger partial charge in [-0.1, -0.05) is 17.7 Å². The van der Waals surface area contributed by atoms with Crippen LogP contribution in [0.1, 0.15) is 35.2 Å². The second kappa shape index (κ2) is 9.72. The summed E-state index contributed by atoms with van der Waals surface area (Å²) in [6, 6.07) is 6.18. The number of halogens is 10. The molecule has 0 N–H and O–H groups in total. The minimum atomic E-state index is -6.14. The molecule has 1 aliphatic carbocycles. The third-order valence-corrected chi connectivity index (χ3v) is 6.40. The molecule has 1 saturated carbocycles. The quantitative estimate of drug-likeness (QED) is 0.213. The monoisotopic (exact) mass is 599 g/mol. The van der Waals surface area contributed by atoms with Crippen molar-refractivity contribution in [2.75, 3.05) is 0 Å². The Kier molecular flexibility index (Phi) is 7.11. The lowest BCUT2D eigenvalue weighted by Gasteiger charge is -2.22. The average Bonchev–Trinajstić information content (AvgIpc) is 3.29. The maximum Gasteiger partial charge on any atom is 0.440 e. The van der Waals surface area contributed by atoms with Gasteiger partial charge in [-0.3, -0.25) is 4.79 Å². The fourth-order valence-corrected chi connectivity index (χ4v) is 4.06. The average molecular weight is 600 g/mol. The number of benzene rings is 1. The first-order valence-electron chi connectivity index (χ1n) is 11.1. The molecule has 0 spiro atoms. The molecular formula is C23H15ClF9N5O2. The van der Waals surface area contributed by atoms with Crippen LogP contribution in [-0.2, 0) is 13.2 Å². The number of hydrogen-bond acceptors (Lipinski definition) is 5. The summed E-state index contributed by atoms with van der Waals surface area (Å²) in [4.78, 5) is 12.8. The van der Waals surface area contributed by atoms with Crippen molar-refractivity contribution >= 4 is 17.4 Å². The highest BCUT2D eigenvalue weighted by Gasteiger charge is 2.60. The van der Waals surface area contributed by atoms with Crippen LogP contribution < -0.4 is 4.74 Å². The van der Waals surface area contributed by atoms with Gasteiger partial charge in [-0.15, -0.1) is 5.10 Å². The van der Waals surface area contributed by atoms with E-state index in [4.69, 9.17) is 11.6 Å². The molecule has 1 aliphatic rings. The van der Waals surface area contributed by atoms with Crippen LogP contribution in [0.25, 0.3) is 16.9 Å². The van der Waals surface area contributed by atoms with Gasteiger partial charge in [-0.2, -0.15) is 45.5 Å². The zero-order valence-electron chi connectivity index (χ0n) is 19.9. The topological polar surface area (TPSA) is 85.7 Å². The molecule has 2 aromatic heterocycles. The molecule has 1 atom stereocenters. The van der Waals surface area contributed by atoms with Gasteiger partial charge < -0.3 is 4.74 Å². The molecule has 17 heteroatoms. The van der Waals surface area contributed by atoms with Crippen molar-refractivity contribution in [2.45, 2.75) is 43.9 Å². The molecule has 3 aromatic rings. The molecule has 0 amide bonds. The number of alkyl halides is 9. The highest BCUT2D eigenvalue weighted by atomic mass is 35.5. The Hall–Kier alpha value is -3.74. The highest BCUT2D eigenvalue weighted by molar-refractivity contribution is 6.34. The van der Waals surface area contributed by atoms with Crippen LogP contribution in [0.4, 0.5) is 39.5 Å². The number of aromatic nitrogens is 4. The molecular weight excluding hydrogens is 585 g/mol. The summed E-state index contributed by atoms with van der Waals surface area (Å²) in [5.74, 6) is -3.48. The van der Waals surface area contributed by atoms with E-state index in [9.17, 15) is 49.6 Å². The van der Waals surface area contributed by atoms with Gasteiger partial charge >= 0.3 is 18.5 Å². The Morgan fingerprint density at radius 3 is 2.38 bits per heavy atom. The molecule has 2 heterocycles. The second-order valence-electron chi connectivity index (χ2n) is 9.05. The molecule has 1 fully saturated rings. The summed E-state index contributed by atoms with van der Waals surface area (Å²) < 4.78 is 124. The molecule has 0 aliphatic heterocycles. The van der Waals surface area contributed by atoms with E-state index in [2.05, 4.69) is 21.0 Å². The van der Waals surface area contributed by atoms with Crippen LogP contribution in [0.15, 0.2) is 30.6 Å². The number of nitriles is 1. The maximum absolute atomic E-state index is 13.9. The number of rotatable bonds is 8. The van der Waals surface area contributed by atoms with Gasteiger partial charge in [0, 0.05) is 30.8 Å². The first kappa shape index (κ1) is 29.2. The van der Waals surface area contributed by atoms with E-state index in [0.29, 0.717) is 22.2 Å². The van der Waals surface area contributed by atoms with Crippen molar-refractivity contribution in [3.05, 3.63) is 46.7 Å². The van der Waals surface area contributed by atoms with E-state index in [-0.39, 0.29) is 28.1 Å². The van der Waals surface area contributed by atoms with Crippen LogP contribution in [0.2, 0.25) is 5.02 Å². The Bertz CT molecular complexity index is 1500. The summed E-state index contributed by atoms with van der Waals surface area (Å²) in [6.07, 6.45) is -19.3. The van der Waals surface area contributed by atoms with E-state index in [1.165, 1.54) is 18.2 Å². The maximum atomic E-state index is 13.9. The number of ketones is 1. The molecule has 1 aromatic carbocycles. The lowest BCUT2D eigenvalue weighted by Crippen LogP contribution is -2.46. The van der Waals surface area contributed by atoms with Crippen molar-refractivity contribution in [2.24, 2.45) is 12.5 Å². The smallest absolute Gasteiger partial charge is 0.410 e. The van der Waals surface area contributed by atoms with E-state index < -0.39 is 53.1 Å². The van der Waals surface area contributed by atoms with Crippen molar-refractivity contribution < 1.29 is 49.0 Å². The van der Waals surface area contributed by atoms with Crippen molar-refractivity contribution in [3.8, 4) is 28.9 Å². The zero-order valence-corrected chi connectivity index (χ0v) is 20.7. The normalized spacial score (nSPS) is 15.9. The minimum absolute atomic E-state index is 0.0494. The molecule has 0 radical (unpaired) electrons. The summed E-state index contributed by atoms with van der Waals surface area (Å²) in [5, 5.41) is 16.2. The van der Waals surface area contributed by atoms with Crippen LogP contribution in [-0.4, -0.2) is 43.8 Å². The SMILES string of the molecule is Cn1nc(OC(F)(F)C(F)C(F)(F)F)c(C(F)(F)F)c1-n1cc(-c2ccc(Cl)c(C(=O)CC3(C#N)CC3)c2)cn1. The van der Waals surface area contributed by atoms with Gasteiger partial charge in [0.15, 0.2) is 17.2 Å². The lowest BCUT2D eigenvalue weighted by molar-refractivity contribution is -0.306. The number of carbonyl (C=O) groups is 1. The number of nitrogens with zero attached hydrogens (tertiary/aromatic N) is 5. The van der Waals surface area contributed by atoms with Gasteiger partial charge in [0.05, 0.1) is 22.7 Å². The predicted octanol–water partition coefficient (Wildman–Crippen LogP) is 6.69. The second-order valence-corrected chi connectivity index (χ2v) is 9.46. The Balaban J connectivity index is 1.71. The first-order chi connectivity index (χ1) is 18.4. The fourth-order valence-electron chi connectivity index (χ4n) is 3.83. The third kappa shape index (κ3) is 5.60. The van der Waals surface area contributed by atoms with Gasteiger partial charge in [-0.05, 0) is 30.5 Å². The molecule has 214 valence electrons. The Morgan fingerprint density at radius 1 is 1.18 bits per heavy atom. The predicted molar refractivity (Wildman–Crippen MR) is 119 cm³/mol. The number of carbonyl (C=O) groups excluding carboxylic acids is 1. The molecule has 4 rings (SSSR count). The van der Waals surface area contributed by atoms with Gasteiger partial charge in [0.25, 0.3) is 12.1 Å². The van der Waals surface area contributed by atoms with Crippen LogP contribution in [0.3, 0.4) is 0 Å². The van der Waals surface area contributed by atoms with Crippen LogP contribution >= 0.6 is 11.6 Å². The zero-order chi connectivity index (χ0) is 29.8. The summed E-state index contributed by atoms with van der Waals surface area (Å²) >= 11 is 6.14. The van der Waals surface area contributed by atoms with Gasteiger partial charge in [0.2, 0.25) is 0 Å². The first-order valence-corrected chi connectivity index (χ1v) is 11.5. The van der Waals surface area contributed by atoms with Gasteiger partial charge in [-0.25, -0.2) is 13.8 Å². The molecule has 0 bridgehead atoms. The minimum Gasteiger partial charge on any atom is -0.410 e. The van der Waals surface area contributed by atoms with Crippen molar-refractivity contribution in [3.63, 3.8) is 0 Å². The van der Waals surface area contributed by atoms with Crippen LogP contribution in [0.5, 0.6) is 5.88 Å². The molecule has 7 nitrogen and oxygen atoms in total. The largest absolute Gasteiger partial charge is 0.440 e. The van der Waals surface area contributed by atoms with E-state index in [1.54, 1.807) is 0 Å². The number of Topliss-reactive ketones (excluding diaryl/α,β-unsaturated/α-hetero) is 1. The Morgan fingerprint density at radius 2 is 1.82 bits per heavy atom. The standard InChI is InChI=1S/C23H15ClF9N5O2/c1-37-18(16(21(26,27)28)17(36-37)40-23(32,33)19(25)22(29,30)31)38-9-12(8-35-38)11-2-3-14(24)13(6-11)15(39)7-20(10-34)4-5-20/h2-3,6,8-9,19H,4-5,7H2,1H3.